The van der Waals surface area contributed by atoms with E-state index in [0.29, 0.717) is 0 Å². The third-order valence-corrected chi connectivity index (χ3v) is 3.78. The Labute approximate surface area is 128 Å². The molecule has 4 nitrogen and oxygen atoms in total. The van der Waals surface area contributed by atoms with Crippen LogP contribution in [0.25, 0.3) is 23.0 Å². The van der Waals surface area contributed by atoms with E-state index in [1.807, 2.05) is 48.8 Å². The fourth-order valence-corrected chi connectivity index (χ4v) is 2.68. The molecule has 0 bridgehead atoms. The van der Waals surface area contributed by atoms with Gasteiger partial charge in [-0.2, -0.15) is 0 Å². The van der Waals surface area contributed by atoms with Crippen molar-refractivity contribution in [3.63, 3.8) is 0 Å². The predicted octanol–water partition coefficient (Wildman–Crippen LogP) is 4.27. The van der Waals surface area contributed by atoms with Crippen molar-refractivity contribution in [3.05, 3.63) is 59.9 Å². The van der Waals surface area contributed by atoms with Gasteiger partial charge in [0.25, 0.3) is 0 Å². The molecule has 22 heavy (non-hydrogen) atoms. The van der Waals surface area contributed by atoms with Gasteiger partial charge in [-0.3, -0.25) is 4.99 Å². The number of aliphatic imine (C=N–C) groups is 1. The van der Waals surface area contributed by atoms with E-state index in [1.54, 1.807) is 7.11 Å². The Bertz CT molecular complexity index is 870. The number of allylic oxidation sites excluding steroid dienone is 1. The number of benzene rings is 1. The van der Waals surface area contributed by atoms with Crippen LogP contribution >= 0.6 is 0 Å². The summed E-state index contributed by atoms with van der Waals surface area (Å²) in [6.45, 7) is 0. The van der Waals surface area contributed by atoms with Crippen LogP contribution in [0, 0.1) is 0 Å². The van der Waals surface area contributed by atoms with Crippen molar-refractivity contribution in [3.8, 4) is 17.1 Å². The molecule has 2 N–H and O–H groups in total. The molecule has 0 fully saturated rings. The molecule has 0 spiro atoms. The number of ether oxygens (including phenoxy) is 1. The van der Waals surface area contributed by atoms with Crippen molar-refractivity contribution in [1.82, 2.24) is 9.97 Å². The number of fused-ring (bicyclic) bond motifs is 1. The van der Waals surface area contributed by atoms with E-state index >= 15 is 0 Å². The highest BCUT2D eigenvalue weighted by atomic mass is 16.5. The van der Waals surface area contributed by atoms with Crippen molar-refractivity contribution < 1.29 is 4.74 Å². The molecule has 1 aromatic carbocycles. The van der Waals surface area contributed by atoms with E-state index in [2.05, 4.69) is 27.1 Å². The summed E-state index contributed by atoms with van der Waals surface area (Å²) in [5.41, 5.74) is 6.18. The van der Waals surface area contributed by atoms with Gasteiger partial charge in [0.2, 0.25) is 0 Å². The number of para-hydroxylation sites is 1. The number of rotatable bonds is 3. The van der Waals surface area contributed by atoms with E-state index in [-0.39, 0.29) is 0 Å². The molecule has 2 aromatic heterocycles. The first-order chi connectivity index (χ1) is 10.8. The summed E-state index contributed by atoms with van der Waals surface area (Å²) >= 11 is 0. The lowest BCUT2D eigenvalue weighted by Crippen LogP contribution is -1.85. The van der Waals surface area contributed by atoms with Crippen LogP contribution in [0.5, 0.6) is 5.75 Å². The second kappa shape index (κ2) is 5.07. The summed E-state index contributed by atoms with van der Waals surface area (Å²) in [6, 6.07) is 14.1. The summed E-state index contributed by atoms with van der Waals surface area (Å²) in [6.07, 6.45) is 5.86. The molecule has 0 radical (unpaired) electrons. The first-order valence-corrected chi connectivity index (χ1v) is 7.11. The van der Waals surface area contributed by atoms with E-state index < -0.39 is 0 Å². The summed E-state index contributed by atoms with van der Waals surface area (Å²) < 4.78 is 5.49. The zero-order valence-corrected chi connectivity index (χ0v) is 12.1. The summed E-state index contributed by atoms with van der Waals surface area (Å²) in [7, 11) is 1.68. The number of nitrogens with one attached hydrogen (secondary N) is 2. The predicted molar refractivity (Wildman–Crippen MR) is 89.6 cm³/mol. The number of H-pyrrole nitrogens is 2. The smallest absolute Gasteiger partial charge is 0.144 e. The molecular formula is C18H15N3O. The van der Waals surface area contributed by atoms with Gasteiger partial charge in [-0.15, -0.1) is 0 Å². The summed E-state index contributed by atoms with van der Waals surface area (Å²) in [4.78, 5) is 11.0. The van der Waals surface area contributed by atoms with Gasteiger partial charge in [0.15, 0.2) is 0 Å². The maximum absolute atomic E-state index is 5.49. The summed E-state index contributed by atoms with van der Waals surface area (Å²) in [5.74, 6) is 0.815. The molecule has 4 heteroatoms. The van der Waals surface area contributed by atoms with Crippen molar-refractivity contribution >= 4 is 23.6 Å². The quantitative estimate of drug-likeness (QED) is 0.743. The van der Waals surface area contributed by atoms with Crippen molar-refractivity contribution in [1.29, 1.82) is 0 Å². The SMILES string of the molecule is COc1cc(-c2ccc[nH]2)[nH]c1C=C1C=Nc2ccccc21. The minimum absolute atomic E-state index is 0.815. The highest BCUT2D eigenvalue weighted by Gasteiger charge is 2.14. The molecule has 108 valence electrons. The van der Waals surface area contributed by atoms with Crippen LogP contribution < -0.4 is 4.74 Å². The maximum Gasteiger partial charge on any atom is 0.144 e. The molecule has 4 rings (SSSR count). The Morgan fingerprint density at radius 2 is 2.00 bits per heavy atom. The molecule has 1 aliphatic heterocycles. The average molecular weight is 289 g/mol. The van der Waals surface area contributed by atoms with Gasteiger partial charge in [0, 0.05) is 29.6 Å². The monoisotopic (exact) mass is 289 g/mol. The van der Waals surface area contributed by atoms with Gasteiger partial charge in [-0.1, -0.05) is 18.2 Å². The van der Waals surface area contributed by atoms with Gasteiger partial charge in [0.05, 0.1) is 29.9 Å². The topological polar surface area (TPSA) is 53.2 Å². The van der Waals surface area contributed by atoms with Crippen LogP contribution in [0.15, 0.2) is 53.7 Å². The van der Waals surface area contributed by atoms with Crippen LogP contribution in [-0.2, 0) is 0 Å². The Kier molecular flexibility index (Phi) is 2.93. The average Bonchev–Trinajstić information content (AvgIpc) is 3.27. The number of nitrogens with zero attached hydrogens (tertiary/aromatic N) is 1. The summed E-state index contributed by atoms with van der Waals surface area (Å²) in [5, 5.41) is 0. The first-order valence-electron chi connectivity index (χ1n) is 7.11. The Balaban J connectivity index is 1.78. The first kappa shape index (κ1) is 12.7. The number of hydrogen-bond acceptors (Lipinski definition) is 2. The van der Waals surface area contributed by atoms with Gasteiger partial charge in [0.1, 0.15) is 5.75 Å². The molecule has 0 unspecified atom stereocenters. The second-order valence-corrected chi connectivity index (χ2v) is 5.12. The Hall–Kier alpha value is -3.01. The fraction of sp³-hybridized carbons (Fsp3) is 0.0556. The van der Waals surface area contributed by atoms with Crippen LogP contribution in [-0.4, -0.2) is 23.3 Å². The van der Waals surface area contributed by atoms with Crippen molar-refractivity contribution in [2.24, 2.45) is 4.99 Å². The molecule has 0 amide bonds. The molecule has 0 aliphatic carbocycles. The Morgan fingerprint density at radius 3 is 2.82 bits per heavy atom. The molecule has 0 saturated carbocycles. The zero-order valence-electron chi connectivity index (χ0n) is 12.1. The maximum atomic E-state index is 5.49. The van der Waals surface area contributed by atoms with Crippen LogP contribution in [0.2, 0.25) is 0 Å². The lowest BCUT2D eigenvalue weighted by Gasteiger charge is -2.00. The lowest BCUT2D eigenvalue weighted by atomic mass is 10.1. The van der Waals surface area contributed by atoms with Crippen LogP contribution in [0.4, 0.5) is 5.69 Å². The fourth-order valence-electron chi connectivity index (χ4n) is 2.68. The molecule has 0 saturated heterocycles. The van der Waals surface area contributed by atoms with Gasteiger partial charge in [-0.25, -0.2) is 0 Å². The van der Waals surface area contributed by atoms with Crippen LogP contribution in [0.3, 0.4) is 0 Å². The van der Waals surface area contributed by atoms with E-state index in [9.17, 15) is 0 Å². The molecule has 3 aromatic rings. The molecule has 0 atom stereocenters. The van der Waals surface area contributed by atoms with Crippen molar-refractivity contribution in [2.75, 3.05) is 7.11 Å². The van der Waals surface area contributed by atoms with Gasteiger partial charge in [-0.05, 0) is 24.3 Å². The number of aromatic amines is 2. The third-order valence-electron chi connectivity index (χ3n) is 3.78. The normalized spacial score (nSPS) is 14.5. The van der Waals surface area contributed by atoms with Crippen LogP contribution in [0.1, 0.15) is 11.3 Å². The highest BCUT2D eigenvalue weighted by molar-refractivity contribution is 6.21. The third kappa shape index (κ3) is 2.05. The molecular weight excluding hydrogens is 274 g/mol. The minimum atomic E-state index is 0.815. The highest BCUT2D eigenvalue weighted by Crippen LogP contribution is 2.34. The molecule has 1 aliphatic rings. The lowest BCUT2D eigenvalue weighted by molar-refractivity contribution is 0.414. The van der Waals surface area contributed by atoms with E-state index in [1.165, 1.54) is 0 Å². The van der Waals surface area contributed by atoms with Gasteiger partial charge < -0.3 is 14.7 Å². The number of aromatic nitrogens is 2. The zero-order chi connectivity index (χ0) is 14.9. The minimum Gasteiger partial charge on any atom is -0.494 e. The van der Waals surface area contributed by atoms with E-state index in [0.717, 1.165) is 39.7 Å². The number of hydrogen-bond donors (Lipinski definition) is 2. The van der Waals surface area contributed by atoms with Crippen molar-refractivity contribution in [2.45, 2.75) is 0 Å². The number of methoxy groups -OCH3 is 1. The second-order valence-electron chi connectivity index (χ2n) is 5.12. The largest absolute Gasteiger partial charge is 0.494 e. The van der Waals surface area contributed by atoms with E-state index in [4.69, 9.17) is 4.74 Å². The standard InChI is InChI=1S/C18H15N3O/c1-22-18-10-16(15-7-4-8-19-15)21-17(18)9-12-11-20-14-6-3-2-5-13(12)14/h2-11,19,21H,1H3. The molecule has 3 heterocycles. The Morgan fingerprint density at radius 1 is 1.09 bits per heavy atom. The van der Waals surface area contributed by atoms with Gasteiger partial charge >= 0.3 is 0 Å².